The Labute approximate surface area is 115 Å². The Morgan fingerprint density at radius 3 is 2.68 bits per heavy atom. The molecule has 1 aliphatic carbocycles. The Balaban J connectivity index is 2.02. The Kier molecular flexibility index (Phi) is 4.48. The van der Waals surface area contributed by atoms with Crippen molar-refractivity contribution in [2.45, 2.75) is 64.5 Å². The molecule has 0 aromatic heterocycles. The summed E-state index contributed by atoms with van der Waals surface area (Å²) in [5.41, 5.74) is 0. The molecule has 0 N–H and O–H groups in total. The summed E-state index contributed by atoms with van der Waals surface area (Å²) < 4.78 is 4.66. The summed E-state index contributed by atoms with van der Waals surface area (Å²) in [5, 5.41) is 0. The van der Waals surface area contributed by atoms with Gasteiger partial charge in [-0.1, -0.05) is 19.8 Å². The smallest absolute Gasteiger partial charge is 0.306 e. The molecule has 4 nitrogen and oxygen atoms in total. The molecule has 19 heavy (non-hydrogen) atoms. The third-order valence-electron chi connectivity index (χ3n) is 4.72. The number of hydrogen-bond donors (Lipinski definition) is 0. The highest BCUT2D eigenvalue weighted by Crippen LogP contribution is 2.40. The minimum atomic E-state index is -0.298. The van der Waals surface area contributed by atoms with Crippen LogP contribution in [-0.4, -0.2) is 36.0 Å². The van der Waals surface area contributed by atoms with Gasteiger partial charge in [0, 0.05) is 18.0 Å². The molecule has 2 rings (SSSR count). The summed E-state index contributed by atoms with van der Waals surface area (Å²) in [4.78, 5) is 26.0. The third-order valence-corrected chi connectivity index (χ3v) is 4.72. The number of likely N-dealkylation sites (tertiary alicyclic amines) is 1. The monoisotopic (exact) mass is 267 g/mol. The van der Waals surface area contributed by atoms with Gasteiger partial charge < -0.3 is 9.64 Å². The topological polar surface area (TPSA) is 46.6 Å². The second kappa shape index (κ2) is 5.93. The number of ether oxygens (including phenoxy) is 1. The average Bonchev–Trinajstić information content (AvgIpc) is 2.73. The number of carbonyl (C=O) groups is 2. The Bertz CT molecular complexity index is 355. The van der Waals surface area contributed by atoms with Crippen LogP contribution in [0.5, 0.6) is 0 Å². The molecule has 1 heterocycles. The van der Waals surface area contributed by atoms with Gasteiger partial charge in [-0.05, 0) is 32.1 Å². The number of esters is 1. The van der Waals surface area contributed by atoms with Crippen molar-refractivity contribution in [3.63, 3.8) is 0 Å². The highest BCUT2D eigenvalue weighted by molar-refractivity contribution is 5.84. The fourth-order valence-corrected chi connectivity index (χ4v) is 3.76. The van der Waals surface area contributed by atoms with Crippen LogP contribution in [0.25, 0.3) is 0 Å². The summed E-state index contributed by atoms with van der Waals surface area (Å²) in [6.45, 7) is 3.98. The lowest BCUT2D eigenvalue weighted by molar-refractivity contribution is -0.147. The minimum absolute atomic E-state index is 0.132. The van der Waals surface area contributed by atoms with Crippen LogP contribution in [0.15, 0.2) is 0 Å². The number of methoxy groups -OCH3 is 1. The van der Waals surface area contributed by atoms with E-state index < -0.39 is 0 Å². The molecule has 4 atom stereocenters. The van der Waals surface area contributed by atoms with Crippen molar-refractivity contribution in [2.24, 2.45) is 11.8 Å². The molecule has 0 spiro atoms. The molecule has 0 aromatic carbocycles. The van der Waals surface area contributed by atoms with Gasteiger partial charge >= 0.3 is 5.97 Å². The average molecular weight is 267 g/mol. The van der Waals surface area contributed by atoms with E-state index in [2.05, 4.69) is 16.6 Å². The summed E-state index contributed by atoms with van der Waals surface area (Å²) in [6.07, 6.45) is 6.23. The zero-order chi connectivity index (χ0) is 14.0. The molecule has 4 heteroatoms. The van der Waals surface area contributed by atoms with E-state index in [1.807, 2.05) is 6.92 Å². The molecular weight excluding hydrogens is 242 g/mol. The fourth-order valence-electron chi connectivity index (χ4n) is 3.76. The van der Waals surface area contributed by atoms with Gasteiger partial charge in [-0.25, -0.2) is 0 Å². The molecule has 2 aliphatic rings. The zero-order valence-electron chi connectivity index (χ0n) is 12.2. The van der Waals surface area contributed by atoms with Gasteiger partial charge in [0.05, 0.1) is 13.5 Å². The van der Waals surface area contributed by atoms with Crippen LogP contribution < -0.4 is 0 Å². The molecule has 1 amide bonds. The van der Waals surface area contributed by atoms with Crippen molar-refractivity contribution in [3.8, 4) is 0 Å². The molecule has 0 bridgehead atoms. The quantitative estimate of drug-likeness (QED) is 0.737. The van der Waals surface area contributed by atoms with E-state index in [1.54, 1.807) is 0 Å². The molecule has 0 radical (unpaired) electrons. The van der Waals surface area contributed by atoms with Crippen molar-refractivity contribution < 1.29 is 14.3 Å². The Hall–Kier alpha value is -1.06. The van der Waals surface area contributed by atoms with Crippen molar-refractivity contribution >= 4 is 11.9 Å². The van der Waals surface area contributed by atoms with E-state index in [-0.39, 0.29) is 24.2 Å². The second-order valence-corrected chi connectivity index (χ2v) is 6.12. The van der Waals surface area contributed by atoms with Gasteiger partial charge in [0.2, 0.25) is 5.91 Å². The van der Waals surface area contributed by atoms with Gasteiger partial charge in [-0.3, -0.25) is 9.59 Å². The van der Waals surface area contributed by atoms with Gasteiger partial charge in [0.1, 0.15) is 0 Å². The molecule has 108 valence electrons. The predicted molar refractivity (Wildman–Crippen MR) is 72.5 cm³/mol. The van der Waals surface area contributed by atoms with Crippen molar-refractivity contribution in [1.82, 2.24) is 4.90 Å². The predicted octanol–water partition coefficient (Wildman–Crippen LogP) is 2.37. The highest BCUT2D eigenvalue weighted by atomic mass is 16.5. The van der Waals surface area contributed by atoms with E-state index in [0.29, 0.717) is 18.0 Å². The van der Waals surface area contributed by atoms with Gasteiger partial charge in [0.15, 0.2) is 0 Å². The van der Waals surface area contributed by atoms with Gasteiger partial charge in [0.25, 0.3) is 0 Å². The first-order chi connectivity index (χ1) is 9.04. The van der Waals surface area contributed by atoms with Crippen molar-refractivity contribution in [3.05, 3.63) is 0 Å². The number of nitrogens with zero attached hydrogens (tertiary/aromatic N) is 1. The van der Waals surface area contributed by atoms with Crippen LogP contribution >= 0.6 is 0 Å². The SMILES string of the molecule is COC(=O)C[C@H](C)C(=O)N1[C@H](C)C[C@H]2CCCC[C@H]21. The van der Waals surface area contributed by atoms with E-state index >= 15 is 0 Å². The number of carbonyl (C=O) groups excluding carboxylic acids is 2. The largest absolute Gasteiger partial charge is 0.469 e. The first kappa shape index (κ1) is 14.4. The maximum Gasteiger partial charge on any atom is 0.306 e. The zero-order valence-corrected chi connectivity index (χ0v) is 12.2. The molecule has 1 saturated heterocycles. The van der Waals surface area contributed by atoms with Crippen LogP contribution in [0.3, 0.4) is 0 Å². The lowest BCUT2D eigenvalue weighted by Gasteiger charge is -2.34. The van der Waals surface area contributed by atoms with Crippen LogP contribution in [0.2, 0.25) is 0 Å². The lowest BCUT2D eigenvalue weighted by atomic mass is 9.84. The summed E-state index contributed by atoms with van der Waals surface area (Å²) in [6, 6.07) is 0.733. The first-order valence-electron chi connectivity index (χ1n) is 7.43. The fraction of sp³-hybridized carbons (Fsp3) is 0.867. The maximum atomic E-state index is 12.6. The van der Waals surface area contributed by atoms with E-state index in [0.717, 1.165) is 12.8 Å². The van der Waals surface area contributed by atoms with Gasteiger partial charge in [-0.15, -0.1) is 0 Å². The molecule has 0 aromatic rings. The van der Waals surface area contributed by atoms with Gasteiger partial charge in [-0.2, -0.15) is 0 Å². The van der Waals surface area contributed by atoms with Crippen LogP contribution in [0, 0.1) is 11.8 Å². The molecule has 1 aliphatic heterocycles. The van der Waals surface area contributed by atoms with E-state index in [1.165, 1.54) is 26.4 Å². The molecule has 1 saturated carbocycles. The van der Waals surface area contributed by atoms with Crippen LogP contribution in [-0.2, 0) is 14.3 Å². The third kappa shape index (κ3) is 2.93. The number of hydrogen-bond acceptors (Lipinski definition) is 3. The number of fused-ring (bicyclic) bond motifs is 1. The number of rotatable bonds is 3. The van der Waals surface area contributed by atoms with E-state index in [9.17, 15) is 9.59 Å². The second-order valence-electron chi connectivity index (χ2n) is 6.12. The number of amides is 1. The Morgan fingerprint density at radius 2 is 2.00 bits per heavy atom. The minimum Gasteiger partial charge on any atom is -0.469 e. The normalized spacial score (nSPS) is 31.7. The van der Waals surface area contributed by atoms with Crippen molar-refractivity contribution in [2.75, 3.05) is 7.11 Å². The standard InChI is InChI=1S/C15H25NO3/c1-10(8-14(17)19-3)15(18)16-11(2)9-12-6-4-5-7-13(12)16/h10-13H,4-9H2,1-3H3/t10-,11+,12+,13+/m0/s1. The molecule has 2 fully saturated rings. The highest BCUT2D eigenvalue weighted by Gasteiger charge is 2.43. The Morgan fingerprint density at radius 1 is 1.32 bits per heavy atom. The molecule has 0 unspecified atom stereocenters. The van der Waals surface area contributed by atoms with Crippen molar-refractivity contribution in [1.29, 1.82) is 0 Å². The van der Waals surface area contributed by atoms with Crippen LogP contribution in [0.4, 0.5) is 0 Å². The summed E-state index contributed by atoms with van der Waals surface area (Å²) in [7, 11) is 1.37. The van der Waals surface area contributed by atoms with E-state index in [4.69, 9.17) is 0 Å². The first-order valence-corrected chi connectivity index (χ1v) is 7.43. The summed E-state index contributed by atoms with van der Waals surface area (Å²) in [5.74, 6) is 0.244. The molecular formula is C15H25NO3. The summed E-state index contributed by atoms with van der Waals surface area (Å²) >= 11 is 0. The lowest BCUT2D eigenvalue weighted by Crippen LogP contribution is -2.45. The van der Waals surface area contributed by atoms with Crippen LogP contribution in [0.1, 0.15) is 52.4 Å². The maximum absolute atomic E-state index is 12.6.